The third kappa shape index (κ3) is 4.43. The minimum absolute atomic E-state index is 0.226. The third-order valence-corrected chi connectivity index (χ3v) is 3.19. The topological polar surface area (TPSA) is 79.4 Å². The van der Waals surface area contributed by atoms with Crippen molar-refractivity contribution in [2.75, 3.05) is 51.8 Å². The van der Waals surface area contributed by atoms with Gasteiger partial charge < -0.3 is 15.4 Å². The first-order chi connectivity index (χ1) is 9.79. The van der Waals surface area contributed by atoms with Gasteiger partial charge in [0.15, 0.2) is 5.69 Å². The maximum absolute atomic E-state index is 11.3. The second kappa shape index (κ2) is 7.76. The summed E-state index contributed by atoms with van der Waals surface area (Å²) in [5.74, 6) is 0.469. The van der Waals surface area contributed by atoms with E-state index in [1.54, 1.807) is 19.2 Å². The van der Waals surface area contributed by atoms with Crippen molar-refractivity contribution in [3.05, 3.63) is 17.8 Å². The van der Waals surface area contributed by atoms with Crippen molar-refractivity contribution in [3.8, 4) is 0 Å². The van der Waals surface area contributed by atoms with Gasteiger partial charge in [0.05, 0.1) is 13.2 Å². The van der Waals surface area contributed by atoms with Crippen LogP contribution < -0.4 is 10.6 Å². The maximum atomic E-state index is 11.3. The number of carbonyl (C=O) groups excluding carboxylic acids is 1. The van der Waals surface area contributed by atoms with E-state index < -0.39 is 0 Å². The van der Waals surface area contributed by atoms with Crippen molar-refractivity contribution in [3.63, 3.8) is 0 Å². The highest BCUT2D eigenvalue weighted by atomic mass is 16.5. The molecule has 0 bridgehead atoms. The Morgan fingerprint density at radius 3 is 2.80 bits per heavy atom. The summed E-state index contributed by atoms with van der Waals surface area (Å²) < 4.78 is 5.31. The highest BCUT2D eigenvalue weighted by Crippen LogP contribution is 2.03. The average Bonchev–Trinajstić information content (AvgIpc) is 2.52. The summed E-state index contributed by atoms with van der Waals surface area (Å²) >= 11 is 0. The zero-order valence-corrected chi connectivity index (χ0v) is 11.8. The molecule has 7 heteroatoms. The number of hydrogen-bond acceptors (Lipinski definition) is 6. The van der Waals surface area contributed by atoms with Crippen LogP contribution in [-0.4, -0.2) is 67.4 Å². The Morgan fingerprint density at radius 2 is 2.15 bits per heavy atom. The fraction of sp³-hybridized carbons (Fsp3) is 0.615. The molecule has 1 fully saturated rings. The molecule has 1 aliphatic heterocycles. The van der Waals surface area contributed by atoms with Crippen LogP contribution in [0, 0.1) is 0 Å². The Morgan fingerprint density at radius 1 is 1.35 bits per heavy atom. The maximum Gasteiger partial charge on any atom is 0.271 e. The molecule has 1 amide bonds. The summed E-state index contributed by atoms with van der Waals surface area (Å²) in [4.78, 5) is 13.7. The highest BCUT2D eigenvalue weighted by Gasteiger charge is 2.09. The Balaban J connectivity index is 1.67. The first-order valence-corrected chi connectivity index (χ1v) is 6.89. The fourth-order valence-electron chi connectivity index (χ4n) is 2.02. The van der Waals surface area contributed by atoms with Gasteiger partial charge >= 0.3 is 0 Å². The summed E-state index contributed by atoms with van der Waals surface area (Å²) in [5, 5.41) is 13.6. The number of carbonyl (C=O) groups is 1. The SMILES string of the molecule is CNC(=O)c1ccc(NCCCN2CCOCC2)nn1. The molecule has 2 heterocycles. The summed E-state index contributed by atoms with van der Waals surface area (Å²) in [5.41, 5.74) is 0.325. The van der Waals surface area contributed by atoms with Crippen molar-refractivity contribution >= 4 is 11.7 Å². The highest BCUT2D eigenvalue weighted by molar-refractivity contribution is 5.91. The zero-order chi connectivity index (χ0) is 14.2. The second-order valence-electron chi connectivity index (χ2n) is 4.62. The van der Waals surface area contributed by atoms with Crippen LogP contribution in [0.2, 0.25) is 0 Å². The minimum atomic E-state index is -0.226. The van der Waals surface area contributed by atoms with Crippen molar-refractivity contribution < 1.29 is 9.53 Å². The van der Waals surface area contributed by atoms with Gasteiger partial charge in [-0.1, -0.05) is 0 Å². The number of amides is 1. The number of nitrogens with one attached hydrogen (secondary N) is 2. The predicted octanol–water partition coefficient (Wildman–Crippen LogP) is -0.0296. The lowest BCUT2D eigenvalue weighted by Crippen LogP contribution is -2.37. The van der Waals surface area contributed by atoms with Crippen LogP contribution in [0.15, 0.2) is 12.1 Å². The summed E-state index contributed by atoms with van der Waals surface area (Å²) in [6.45, 7) is 5.59. The van der Waals surface area contributed by atoms with Gasteiger partial charge in [-0.05, 0) is 25.1 Å². The molecular formula is C13H21N5O2. The summed E-state index contributed by atoms with van der Waals surface area (Å²) in [6, 6.07) is 3.43. The molecule has 0 saturated carbocycles. The van der Waals surface area contributed by atoms with E-state index in [0.29, 0.717) is 11.5 Å². The van der Waals surface area contributed by atoms with Gasteiger partial charge in [0.25, 0.3) is 5.91 Å². The van der Waals surface area contributed by atoms with E-state index in [0.717, 1.165) is 45.8 Å². The summed E-state index contributed by atoms with van der Waals surface area (Å²) in [7, 11) is 1.57. The van der Waals surface area contributed by atoms with Gasteiger partial charge in [-0.25, -0.2) is 0 Å². The van der Waals surface area contributed by atoms with Crippen molar-refractivity contribution in [2.24, 2.45) is 0 Å². The lowest BCUT2D eigenvalue weighted by atomic mass is 10.3. The standard InChI is InChI=1S/C13H21N5O2/c1-14-13(19)11-3-4-12(17-16-11)15-5-2-6-18-7-9-20-10-8-18/h3-4H,2,5-10H2,1H3,(H,14,19)(H,15,17). The van der Waals surface area contributed by atoms with Gasteiger partial charge in [0.1, 0.15) is 5.82 Å². The minimum Gasteiger partial charge on any atom is -0.379 e. The van der Waals surface area contributed by atoms with Gasteiger partial charge in [-0.2, -0.15) is 0 Å². The number of ether oxygens (including phenoxy) is 1. The summed E-state index contributed by atoms with van der Waals surface area (Å²) in [6.07, 6.45) is 1.04. The monoisotopic (exact) mass is 279 g/mol. The van der Waals surface area contributed by atoms with Gasteiger partial charge in [-0.15, -0.1) is 10.2 Å². The third-order valence-electron chi connectivity index (χ3n) is 3.19. The lowest BCUT2D eigenvalue weighted by Gasteiger charge is -2.26. The lowest BCUT2D eigenvalue weighted by molar-refractivity contribution is 0.0378. The van der Waals surface area contributed by atoms with E-state index >= 15 is 0 Å². The number of anilines is 1. The van der Waals surface area contributed by atoms with E-state index in [9.17, 15) is 4.79 Å². The van der Waals surface area contributed by atoms with Crippen LogP contribution in [0.5, 0.6) is 0 Å². The number of aromatic nitrogens is 2. The van der Waals surface area contributed by atoms with E-state index in [-0.39, 0.29) is 5.91 Å². The van der Waals surface area contributed by atoms with Gasteiger partial charge in [-0.3, -0.25) is 9.69 Å². The molecule has 1 aromatic heterocycles. The first kappa shape index (κ1) is 14.7. The Hall–Kier alpha value is -1.73. The number of nitrogens with zero attached hydrogens (tertiary/aromatic N) is 3. The molecule has 0 spiro atoms. The van der Waals surface area contributed by atoms with E-state index in [2.05, 4.69) is 25.7 Å². The van der Waals surface area contributed by atoms with Crippen LogP contribution in [0.4, 0.5) is 5.82 Å². The van der Waals surface area contributed by atoms with Crippen molar-refractivity contribution in [1.29, 1.82) is 0 Å². The van der Waals surface area contributed by atoms with Gasteiger partial charge in [0, 0.05) is 26.7 Å². The van der Waals surface area contributed by atoms with Crippen LogP contribution in [-0.2, 0) is 4.74 Å². The quantitative estimate of drug-likeness (QED) is 0.712. The Labute approximate surface area is 118 Å². The normalized spacial score (nSPS) is 15.8. The molecule has 1 aliphatic rings. The molecule has 0 aromatic carbocycles. The molecule has 0 radical (unpaired) electrons. The van der Waals surface area contributed by atoms with Crippen LogP contribution >= 0.6 is 0 Å². The molecular weight excluding hydrogens is 258 g/mol. The molecule has 0 unspecified atom stereocenters. The van der Waals surface area contributed by atoms with Crippen molar-refractivity contribution in [1.82, 2.24) is 20.4 Å². The van der Waals surface area contributed by atoms with E-state index in [4.69, 9.17) is 4.74 Å². The van der Waals surface area contributed by atoms with Crippen LogP contribution in [0.3, 0.4) is 0 Å². The fourth-order valence-corrected chi connectivity index (χ4v) is 2.02. The van der Waals surface area contributed by atoms with Gasteiger partial charge in [0.2, 0.25) is 0 Å². The molecule has 0 aliphatic carbocycles. The molecule has 2 N–H and O–H groups in total. The average molecular weight is 279 g/mol. The first-order valence-electron chi connectivity index (χ1n) is 6.89. The molecule has 0 atom stereocenters. The molecule has 20 heavy (non-hydrogen) atoms. The predicted molar refractivity (Wildman–Crippen MR) is 75.8 cm³/mol. The Bertz CT molecular complexity index is 417. The molecule has 110 valence electrons. The van der Waals surface area contributed by atoms with Crippen molar-refractivity contribution in [2.45, 2.75) is 6.42 Å². The van der Waals surface area contributed by atoms with E-state index in [1.165, 1.54) is 0 Å². The number of rotatable bonds is 6. The van der Waals surface area contributed by atoms with E-state index in [1.807, 2.05) is 0 Å². The van der Waals surface area contributed by atoms with Crippen LogP contribution in [0.1, 0.15) is 16.9 Å². The number of hydrogen-bond donors (Lipinski definition) is 2. The molecule has 2 rings (SSSR count). The molecule has 7 nitrogen and oxygen atoms in total. The number of morpholine rings is 1. The Kier molecular flexibility index (Phi) is 5.69. The zero-order valence-electron chi connectivity index (χ0n) is 11.8. The molecule has 1 saturated heterocycles. The largest absolute Gasteiger partial charge is 0.379 e. The smallest absolute Gasteiger partial charge is 0.271 e. The second-order valence-corrected chi connectivity index (χ2v) is 4.62. The molecule has 1 aromatic rings. The van der Waals surface area contributed by atoms with Crippen LogP contribution in [0.25, 0.3) is 0 Å².